The first-order chi connectivity index (χ1) is 14.6. The molecule has 1 aliphatic heterocycles. The number of hydrogen-bond acceptors (Lipinski definition) is 6. The van der Waals surface area contributed by atoms with E-state index >= 15 is 0 Å². The summed E-state index contributed by atoms with van der Waals surface area (Å²) in [5, 5.41) is 2.92. The van der Waals surface area contributed by atoms with Gasteiger partial charge in [0, 0.05) is 36.6 Å². The number of carbonyl (C=O) groups excluding carboxylic acids is 1. The Balaban J connectivity index is 1.83. The molecule has 31 heavy (non-hydrogen) atoms. The van der Waals surface area contributed by atoms with Crippen molar-refractivity contribution in [2.24, 2.45) is 11.3 Å². The van der Waals surface area contributed by atoms with E-state index in [1.165, 1.54) is 0 Å². The summed E-state index contributed by atoms with van der Waals surface area (Å²) < 4.78 is 17.3. The molecule has 0 radical (unpaired) electrons. The lowest BCUT2D eigenvalue weighted by Gasteiger charge is -2.33. The molecule has 0 bridgehead atoms. The van der Waals surface area contributed by atoms with E-state index in [-0.39, 0.29) is 11.5 Å². The fraction of sp³-hybridized carbons (Fsp3) is 0.696. The van der Waals surface area contributed by atoms with E-state index in [4.69, 9.17) is 14.2 Å². The van der Waals surface area contributed by atoms with Crippen LogP contribution in [0.25, 0.3) is 0 Å². The van der Waals surface area contributed by atoms with E-state index in [2.05, 4.69) is 44.9 Å². The minimum Gasteiger partial charge on any atom is -0.493 e. The summed E-state index contributed by atoms with van der Waals surface area (Å²) in [7, 11) is 7.36. The van der Waals surface area contributed by atoms with Gasteiger partial charge in [-0.15, -0.1) is 0 Å². The van der Waals surface area contributed by atoms with Crippen molar-refractivity contribution < 1.29 is 19.0 Å². The van der Waals surface area contributed by atoms with E-state index in [1.54, 1.807) is 14.2 Å². The highest BCUT2D eigenvalue weighted by Crippen LogP contribution is 2.34. The highest BCUT2D eigenvalue weighted by Gasteiger charge is 2.24. The van der Waals surface area contributed by atoms with Gasteiger partial charge in [-0.2, -0.15) is 0 Å². The maximum absolute atomic E-state index is 12.2. The van der Waals surface area contributed by atoms with Crippen LogP contribution in [0.4, 0.5) is 4.79 Å². The topological polar surface area (TPSA) is 63.3 Å². The third kappa shape index (κ3) is 8.50. The maximum Gasteiger partial charge on any atom is 0.407 e. The van der Waals surface area contributed by atoms with Crippen LogP contribution in [0, 0.1) is 11.3 Å². The zero-order chi connectivity index (χ0) is 23.0. The number of likely N-dealkylation sites (tertiary alicyclic amines) is 1. The number of alkyl carbamates (subject to hydrolysis) is 1. The molecule has 1 amide bonds. The zero-order valence-corrected chi connectivity index (χ0v) is 21.4. The third-order valence-electron chi connectivity index (χ3n) is 5.46. The van der Waals surface area contributed by atoms with E-state index < -0.39 is 0 Å². The Kier molecular flexibility index (Phi) is 9.90. The van der Waals surface area contributed by atoms with Crippen molar-refractivity contribution in [3.8, 4) is 11.5 Å². The average molecular weight is 500 g/mol. The Morgan fingerprint density at radius 2 is 1.94 bits per heavy atom. The third-order valence-corrected chi connectivity index (χ3v) is 6.19. The number of halogens is 1. The molecule has 1 aromatic rings. The predicted octanol–water partition coefficient (Wildman–Crippen LogP) is 3.99. The fourth-order valence-corrected chi connectivity index (χ4v) is 4.61. The number of methoxy groups -OCH3 is 2. The van der Waals surface area contributed by atoms with Crippen LogP contribution in [0.15, 0.2) is 16.6 Å². The molecule has 7 nitrogen and oxygen atoms in total. The van der Waals surface area contributed by atoms with Gasteiger partial charge in [-0.3, -0.25) is 4.90 Å². The molecule has 0 aromatic heterocycles. The van der Waals surface area contributed by atoms with Crippen LogP contribution >= 0.6 is 15.9 Å². The van der Waals surface area contributed by atoms with Crippen molar-refractivity contribution >= 4 is 22.0 Å². The molecule has 1 unspecified atom stereocenters. The van der Waals surface area contributed by atoms with E-state index in [1.807, 2.05) is 26.2 Å². The van der Waals surface area contributed by atoms with Gasteiger partial charge in [-0.05, 0) is 56.6 Å². The number of ether oxygens (including phenoxy) is 3. The molecule has 1 atom stereocenters. The summed E-state index contributed by atoms with van der Waals surface area (Å²) in [4.78, 5) is 16.7. The first-order valence-corrected chi connectivity index (χ1v) is 11.6. The largest absolute Gasteiger partial charge is 0.493 e. The number of nitrogens with one attached hydrogen (secondary N) is 1. The van der Waals surface area contributed by atoms with E-state index in [0.29, 0.717) is 24.8 Å². The predicted molar refractivity (Wildman–Crippen MR) is 127 cm³/mol. The summed E-state index contributed by atoms with van der Waals surface area (Å²) in [6, 6.07) is 3.97. The van der Waals surface area contributed by atoms with Gasteiger partial charge in [0.15, 0.2) is 11.5 Å². The minimum atomic E-state index is -0.327. The van der Waals surface area contributed by atoms with Crippen LogP contribution in [0.3, 0.4) is 0 Å². The van der Waals surface area contributed by atoms with Gasteiger partial charge in [0.25, 0.3) is 0 Å². The van der Waals surface area contributed by atoms with E-state index in [9.17, 15) is 4.79 Å². The Morgan fingerprint density at radius 1 is 1.26 bits per heavy atom. The smallest absolute Gasteiger partial charge is 0.407 e. The molecule has 1 N–H and O–H groups in total. The first kappa shape index (κ1) is 25.7. The number of rotatable bonds is 10. The zero-order valence-electron chi connectivity index (χ0n) is 19.8. The average Bonchev–Trinajstić information content (AvgIpc) is 2.71. The Hall–Kier alpha value is -1.51. The van der Waals surface area contributed by atoms with Gasteiger partial charge in [0.2, 0.25) is 0 Å². The van der Waals surface area contributed by atoms with Crippen LogP contribution in [0.1, 0.15) is 32.3 Å². The standard InChI is InChI=1S/C23H38BrN3O4/c1-23(2,16-26(3)4)15-25-22(28)31-14-17-8-7-9-27(12-17)13-18-10-20(29-5)21(30-6)11-19(18)24/h10-11,17H,7-9,12-16H2,1-6H3,(H,25,28). The number of amides is 1. The minimum absolute atomic E-state index is 0.00301. The maximum atomic E-state index is 12.2. The van der Waals surface area contributed by atoms with Crippen LogP contribution in [-0.2, 0) is 11.3 Å². The van der Waals surface area contributed by atoms with Gasteiger partial charge in [-0.25, -0.2) is 4.79 Å². The monoisotopic (exact) mass is 499 g/mol. The second-order valence-corrected chi connectivity index (χ2v) is 10.3. The van der Waals surface area contributed by atoms with Gasteiger partial charge in [-0.1, -0.05) is 29.8 Å². The van der Waals surface area contributed by atoms with Crippen molar-refractivity contribution in [2.45, 2.75) is 33.2 Å². The van der Waals surface area contributed by atoms with E-state index in [0.717, 1.165) is 54.8 Å². The lowest BCUT2D eigenvalue weighted by Crippen LogP contribution is -2.41. The number of benzene rings is 1. The molecule has 1 aromatic carbocycles. The highest BCUT2D eigenvalue weighted by molar-refractivity contribution is 9.10. The van der Waals surface area contributed by atoms with Gasteiger partial charge in [0.05, 0.1) is 20.8 Å². The van der Waals surface area contributed by atoms with Crippen LogP contribution in [-0.4, -0.2) is 77.0 Å². The van der Waals surface area contributed by atoms with Crippen molar-refractivity contribution in [3.63, 3.8) is 0 Å². The van der Waals surface area contributed by atoms with Crippen LogP contribution in [0.5, 0.6) is 11.5 Å². The quantitative estimate of drug-likeness (QED) is 0.524. The Bertz CT molecular complexity index is 727. The SMILES string of the molecule is COc1cc(Br)c(CN2CCCC(COC(=O)NCC(C)(C)CN(C)C)C2)cc1OC. The normalized spacial score (nSPS) is 17.5. The molecule has 2 rings (SSSR count). The molecule has 0 aliphatic carbocycles. The molecule has 176 valence electrons. The van der Waals surface area contributed by atoms with Crippen molar-refractivity contribution in [2.75, 3.05) is 61.1 Å². The van der Waals surface area contributed by atoms with Gasteiger partial charge >= 0.3 is 6.09 Å². The molecule has 1 saturated heterocycles. The van der Waals surface area contributed by atoms with Crippen molar-refractivity contribution in [1.29, 1.82) is 0 Å². The second kappa shape index (κ2) is 11.9. The Labute approximate surface area is 195 Å². The lowest BCUT2D eigenvalue weighted by atomic mass is 9.93. The van der Waals surface area contributed by atoms with Gasteiger partial charge < -0.3 is 24.4 Å². The highest BCUT2D eigenvalue weighted by atomic mass is 79.9. The summed E-state index contributed by atoms with van der Waals surface area (Å²) in [5.41, 5.74) is 1.15. The second-order valence-electron chi connectivity index (χ2n) is 9.40. The summed E-state index contributed by atoms with van der Waals surface area (Å²) in [6.45, 7) is 8.95. The lowest BCUT2D eigenvalue weighted by molar-refractivity contribution is 0.0844. The number of carbonyl (C=O) groups is 1. The molecule has 1 fully saturated rings. The molecule has 1 aliphatic rings. The van der Waals surface area contributed by atoms with Crippen molar-refractivity contribution in [1.82, 2.24) is 15.1 Å². The summed E-state index contributed by atoms with van der Waals surface area (Å²) in [6.07, 6.45) is 1.84. The Morgan fingerprint density at radius 3 is 2.58 bits per heavy atom. The number of hydrogen-bond donors (Lipinski definition) is 1. The first-order valence-electron chi connectivity index (χ1n) is 10.8. The van der Waals surface area contributed by atoms with Crippen LogP contribution in [0.2, 0.25) is 0 Å². The molecule has 8 heteroatoms. The number of piperidine rings is 1. The molecular weight excluding hydrogens is 462 g/mol. The molecule has 0 spiro atoms. The van der Waals surface area contributed by atoms with Crippen molar-refractivity contribution in [3.05, 3.63) is 22.2 Å². The van der Waals surface area contributed by atoms with Crippen LogP contribution < -0.4 is 14.8 Å². The molecule has 1 heterocycles. The summed E-state index contributed by atoms with van der Waals surface area (Å²) >= 11 is 3.65. The molecule has 0 saturated carbocycles. The number of nitrogens with zero attached hydrogens (tertiary/aromatic N) is 2. The summed E-state index contributed by atoms with van der Waals surface area (Å²) in [5.74, 6) is 1.78. The van der Waals surface area contributed by atoms with Gasteiger partial charge in [0.1, 0.15) is 0 Å². The fourth-order valence-electron chi connectivity index (χ4n) is 4.16. The molecular formula is C23H38BrN3O4.